The van der Waals surface area contributed by atoms with Gasteiger partial charge in [-0.15, -0.1) is 0 Å². The van der Waals surface area contributed by atoms with Gasteiger partial charge < -0.3 is 10.1 Å². The lowest BCUT2D eigenvalue weighted by molar-refractivity contribution is -0.128. The van der Waals surface area contributed by atoms with Gasteiger partial charge in [0.2, 0.25) is 0 Å². The molecule has 2 aliphatic rings. The van der Waals surface area contributed by atoms with Crippen molar-refractivity contribution in [2.45, 2.75) is 76.9 Å². The first-order valence-electron chi connectivity index (χ1n) is 8.85. The molecule has 0 heterocycles. The van der Waals surface area contributed by atoms with Crippen LogP contribution in [0.1, 0.15) is 63.0 Å². The SMILES string of the molecule is CC[C@H](Oc1ccc2c(c1)CCCC2)C(=O)NC1CCCC1. The Morgan fingerprint density at radius 2 is 1.91 bits per heavy atom. The lowest BCUT2D eigenvalue weighted by Gasteiger charge is -2.22. The number of benzene rings is 1. The molecular weight excluding hydrogens is 274 g/mol. The third kappa shape index (κ3) is 3.63. The second kappa shape index (κ2) is 7.17. The first-order valence-corrected chi connectivity index (χ1v) is 8.85. The molecule has 0 bridgehead atoms. The van der Waals surface area contributed by atoms with Gasteiger partial charge in [0.1, 0.15) is 5.75 Å². The summed E-state index contributed by atoms with van der Waals surface area (Å²) in [6.07, 6.45) is 9.87. The van der Waals surface area contributed by atoms with E-state index in [0.29, 0.717) is 12.5 Å². The van der Waals surface area contributed by atoms with Crippen molar-refractivity contribution in [3.63, 3.8) is 0 Å². The topological polar surface area (TPSA) is 38.3 Å². The van der Waals surface area contributed by atoms with Gasteiger partial charge in [-0.2, -0.15) is 0 Å². The molecule has 1 aromatic carbocycles. The fraction of sp³-hybridized carbons (Fsp3) is 0.632. The van der Waals surface area contributed by atoms with E-state index in [1.807, 2.05) is 13.0 Å². The van der Waals surface area contributed by atoms with E-state index < -0.39 is 0 Å². The molecule has 0 radical (unpaired) electrons. The number of nitrogens with one attached hydrogen (secondary N) is 1. The highest BCUT2D eigenvalue weighted by atomic mass is 16.5. The second-order valence-corrected chi connectivity index (χ2v) is 6.64. The average Bonchev–Trinajstić information content (AvgIpc) is 3.05. The van der Waals surface area contributed by atoms with Gasteiger partial charge in [-0.05, 0) is 68.2 Å². The smallest absolute Gasteiger partial charge is 0.261 e. The van der Waals surface area contributed by atoms with Crippen molar-refractivity contribution >= 4 is 5.91 Å². The van der Waals surface area contributed by atoms with Gasteiger partial charge in [-0.3, -0.25) is 4.79 Å². The number of hydrogen-bond donors (Lipinski definition) is 1. The van der Waals surface area contributed by atoms with E-state index in [0.717, 1.165) is 25.0 Å². The molecule has 0 aromatic heterocycles. The van der Waals surface area contributed by atoms with Crippen LogP contribution in [0.15, 0.2) is 18.2 Å². The van der Waals surface area contributed by atoms with E-state index in [4.69, 9.17) is 4.74 Å². The summed E-state index contributed by atoms with van der Waals surface area (Å²) in [5.74, 6) is 0.890. The summed E-state index contributed by atoms with van der Waals surface area (Å²) in [5.41, 5.74) is 2.84. The quantitative estimate of drug-likeness (QED) is 0.899. The van der Waals surface area contributed by atoms with Gasteiger partial charge in [0, 0.05) is 6.04 Å². The normalized spacial score (nSPS) is 19.5. The van der Waals surface area contributed by atoms with Crippen molar-refractivity contribution < 1.29 is 9.53 Å². The molecule has 3 rings (SSSR count). The minimum atomic E-state index is -0.373. The Hall–Kier alpha value is -1.51. The lowest BCUT2D eigenvalue weighted by Crippen LogP contribution is -2.42. The average molecular weight is 301 g/mol. The minimum Gasteiger partial charge on any atom is -0.481 e. The largest absolute Gasteiger partial charge is 0.481 e. The lowest BCUT2D eigenvalue weighted by atomic mass is 9.92. The molecule has 0 saturated heterocycles. The van der Waals surface area contributed by atoms with Crippen LogP contribution in [0.2, 0.25) is 0 Å². The number of carbonyl (C=O) groups is 1. The van der Waals surface area contributed by atoms with Crippen LogP contribution in [0.3, 0.4) is 0 Å². The van der Waals surface area contributed by atoms with Gasteiger partial charge >= 0.3 is 0 Å². The van der Waals surface area contributed by atoms with Crippen LogP contribution in [0.5, 0.6) is 5.75 Å². The summed E-state index contributed by atoms with van der Waals surface area (Å²) in [5, 5.41) is 3.15. The number of fused-ring (bicyclic) bond motifs is 1. The molecule has 3 heteroatoms. The summed E-state index contributed by atoms with van der Waals surface area (Å²) >= 11 is 0. The Morgan fingerprint density at radius 3 is 2.64 bits per heavy atom. The van der Waals surface area contributed by atoms with E-state index in [1.54, 1.807) is 0 Å². The molecule has 2 aliphatic carbocycles. The standard InChI is InChI=1S/C19H27NO2/c1-2-18(19(21)20-16-9-5-6-10-16)22-17-12-11-14-7-3-4-8-15(14)13-17/h11-13,16,18H,2-10H2,1H3,(H,20,21)/t18-/m0/s1. The van der Waals surface area contributed by atoms with Crippen molar-refractivity contribution in [3.8, 4) is 5.75 Å². The van der Waals surface area contributed by atoms with Gasteiger partial charge in [0.15, 0.2) is 6.10 Å². The number of amides is 1. The Kier molecular flexibility index (Phi) is 5.01. The number of hydrogen-bond acceptors (Lipinski definition) is 2. The van der Waals surface area contributed by atoms with Gasteiger partial charge in [0.25, 0.3) is 5.91 Å². The second-order valence-electron chi connectivity index (χ2n) is 6.64. The van der Waals surface area contributed by atoms with Crippen molar-refractivity contribution in [2.75, 3.05) is 0 Å². The molecule has 22 heavy (non-hydrogen) atoms. The molecule has 0 unspecified atom stereocenters. The Bertz CT molecular complexity index is 520. The van der Waals surface area contributed by atoms with Crippen LogP contribution >= 0.6 is 0 Å². The molecule has 1 aromatic rings. The van der Waals surface area contributed by atoms with E-state index in [9.17, 15) is 4.79 Å². The number of rotatable bonds is 5. The van der Waals surface area contributed by atoms with Crippen LogP contribution in [-0.4, -0.2) is 18.1 Å². The van der Waals surface area contributed by atoms with Crippen LogP contribution in [0.25, 0.3) is 0 Å². The molecule has 0 aliphatic heterocycles. The fourth-order valence-corrected chi connectivity index (χ4v) is 3.63. The fourth-order valence-electron chi connectivity index (χ4n) is 3.63. The molecule has 1 fully saturated rings. The summed E-state index contributed by atoms with van der Waals surface area (Å²) in [6, 6.07) is 6.69. The first-order chi connectivity index (χ1) is 10.8. The van der Waals surface area contributed by atoms with Crippen molar-refractivity contribution in [2.24, 2.45) is 0 Å². The van der Waals surface area contributed by atoms with E-state index in [-0.39, 0.29) is 12.0 Å². The number of carbonyl (C=O) groups excluding carboxylic acids is 1. The van der Waals surface area contributed by atoms with Crippen molar-refractivity contribution in [1.29, 1.82) is 0 Å². The molecule has 3 nitrogen and oxygen atoms in total. The monoisotopic (exact) mass is 301 g/mol. The summed E-state index contributed by atoms with van der Waals surface area (Å²) in [4.78, 5) is 12.4. The van der Waals surface area contributed by atoms with Crippen molar-refractivity contribution in [1.82, 2.24) is 5.32 Å². The maximum absolute atomic E-state index is 12.4. The van der Waals surface area contributed by atoms with E-state index >= 15 is 0 Å². The molecular formula is C19H27NO2. The zero-order chi connectivity index (χ0) is 15.4. The molecule has 1 atom stereocenters. The Labute approximate surface area is 133 Å². The van der Waals surface area contributed by atoms with E-state index in [1.165, 1.54) is 43.2 Å². The first kappa shape index (κ1) is 15.4. The maximum Gasteiger partial charge on any atom is 0.261 e. The zero-order valence-corrected chi connectivity index (χ0v) is 13.6. The summed E-state index contributed by atoms with van der Waals surface area (Å²) < 4.78 is 5.99. The predicted molar refractivity (Wildman–Crippen MR) is 88.2 cm³/mol. The third-order valence-corrected chi connectivity index (χ3v) is 4.96. The van der Waals surface area contributed by atoms with E-state index in [2.05, 4.69) is 17.4 Å². The highest BCUT2D eigenvalue weighted by molar-refractivity contribution is 5.81. The molecule has 0 spiro atoms. The summed E-state index contributed by atoms with van der Waals surface area (Å²) in [7, 11) is 0. The maximum atomic E-state index is 12.4. The zero-order valence-electron chi connectivity index (χ0n) is 13.6. The number of aryl methyl sites for hydroxylation is 2. The highest BCUT2D eigenvalue weighted by Gasteiger charge is 2.24. The predicted octanol–water partition coefficient (Wildman–Crippen LogP) is 3.78. The van der Waals surface area contributed by atoms with Gasteiger partial charge in [0.05, 0.1) is 0 Å². The van der Waals surface area contributed by atoms with Crippen LogP contribution < -0.4 is 10.1 Å². The van der Waals surface area contributed by atoms with Crippen molar-refractivity contribution in [3.05, 3.63) is 29.3 Å². The molecule has 1 saturated carbocycles. The third-order valence-electron chi connectivity index (χ3n) is 4.96. The Balaban J connectivity index is 1.62. The number of ether oxygens (including phenoxy) is 1. The van der Waals surface area contributed by atoms with Gasteiger partial charge in [-0.25, -0.2) is 0 Å². The van der Waals surface area contributed by atoms with Crippen LogP contribution in [0, 0.1) is 0 Å². The summed E-state index contributed by atoms with van der Waals surface area (Å²) in [6.45, 7) is 2.01. The molecule has 1 amide bonds. The van der Waals surface area contributed by atoms with Crippen LogP contribution in [0.4, 0.5) is 0 Å². The van der Waals surface area contributed by atoms with Gasteiger partial charge in [-0.1, -0.05) is 25.8 Å². The molecule has 1 N–H and O–H groups in total. The molecule has 120 valence electrons. The van der Waals surface area contributed by atoms with Crippen LogP contribution in [-0.2, 0) is 17.6 Å². The minimum absolute atomic E-state index is 0.0483. The highest BCUT2D eigenvalue weighted by Crippen LogP contribution is 2.26. The Morgan fingerprint density at radius 1 is 1.18 bits per heavy atom.